The Morgan fingerprint density at radius 2 is 1.73 bits per heavy atom. The highest BCUT2D eigenvalue weighted by Crippen LogP contribution is 2.13. The summed E-state index contributed by atoms with van der Waals surface area (Å²) in [6.07, 6.45) is 1.23. The van der Waals surface area contributed by atoms with Gasteiger partial charge >= 0.3 is 0 Å². The lowest BCUT2D eigenvalue weighted by molar-refractivity contribution is -0.133. The van der Waals surface area contributed by atoms with E-state index in [0.29, 0.717) is 13.0 Å². The van der Waals surface area contributed by atoms with Gasteiger partial charge in [0.1, 0.15) is 0 Å². The van der Waals surface area contributed by atoms with Crippen molar-refractivity contribution in [3.63, 3.8) is 0 Å². The lowest BCUT2D eigenvalue weighted by atomic mass is 10.1. The van der Waals surface area contributed by atoms with Crippen LogP contribution in [-0.2, 0) is 17.8 Å². The molecule has 0 spiro atoms. The van der Waals surface area contributed by atoms with Crippen molar-refractivity contribution in [1.29, 1.82) is 0 Å². The summed E-state index contributed by atoms with van der Waals surface area (Å²) < 4.78 is 0. The fourth-order valence-corrected chi connectivity index (χ4v) is 2.48. The molecular formula is C19H24N2O. The van der Waals surface area contributed by atoms with Gasteiger partial charge in [0.15, 0.2) is 0 Å². The Balaban J connectivity index is 1.98. The van der Waals surface area contributed by atoms with Crippen molar-refractivity contribution in [3.05, 3.63) is 65.7 Å². The first-order chi connectivity index (χ1) is 10.6. The first kappa shape index (κ1) is 16.1. The number of nitrogens with zero attached hydrogens (tertiary/aromatic N) is 1. The van der Waals surface area contributed by atoms with Crippen molar-refractivity contribution >= 4 is 11.6 Å². The van der Waals surface area contributed by atoms with Gasteiger partial charge in [0.2, 0.25) is 5.91 Å². The number of hydrogen-bond acceptors (Lipinski definition) is 2. The number of benzene rings is 2. The van der Waals surface area contributed by atoms with Gasteiger partial charge in [-0.3, -0.25) is 4.79 Å². The normalized spacial score (nSPS) is 10.7. The molecule has 2 rings (SSSR count). The minimum Gasteiger partial charge on any atom is -0.399 e. The number of nitrogens with two attached hydrogens (primary N) is 1. The molecule has 0 bridgehead atoms. The standard InChI is InChI=1S/C19H24N2O/c1-15(2)21(14-17-7-4-3-5-8-17)19(22)12-11-16-9-6-10-18(20)13-16/h3-10,13,15H,11-12,14,20H2,1-2H3. The Hall–Kier alpha value is -2.29. The van der Waals surface area contributed by atoms with Gasteiger partial charge in [-0.2, -0.15) is 0 Å². The third-order valence-electron chi connectivity index (χ3n) is 3.72. The van der Waals surface area contributed by atoms with Crippen molar-refractivity contribution < 1.29 is 4.79 Å². The number of amides is 1. The number of carbonyl (C=O) groups excluding carboxylic acids is 1. The zero-order valence-electron chi connectivity index (χ0n) is 13.3. The highest BCUT2D eigenvalue weighted by Gasteiger charge is 2.17. The highest BCUT2D eigenvalue weighted by atomic mass is 16.2. The maximum atomic E-state index is 12.5. The number of anilines is 1. The highest BCUT2D eigenvalue weighted by molar-refractivity contribution is 5.76. The number of nitrogen functional groups attached to an aromatic ring is 1. The molecule has 2 aromatic rings. The number of aryl methyl sites for hydroxylation is 1. The van der Waals surface area contributed by atoms with Crippen LogP contribution in [-0.4, -0.2) is 16.8 Å². The van der Waals surface area contributed by atoms with Crippen LogP contribution in [0.4, 0.5) is 5.69 Å². The largest absolute Gasteiger partial charge is 0.399 e. The second-order valence-corrected chi connectivity index (χ2v) is 5.85. The molecule has 3 heteroatoms. The summed E-state index contributed by atoms with van der Waals surface area (Å²) in [5.41, 5.74) is 8.79. The van der Waals surface area contributed by atoms with Crippen molar-refractivity contribution in [2.75, 3.05) is 5.73 Å². The molecule has 0 aliphatic heterocycles. The van der Waals surface area contributed by atoms with E-state index in [0.717, 1.165) is 23.2 Å². The number of rotatable bonds is 6. The van der Waals surface area contributed by atoms with Crippen molar-refractivity contribution in [2.24, 2.45) is 0 Å². The van der Waals surface area contributed by atoms with E-state index in [9.17, 15) is 4.79 Å². The van der Waals surface area contributed by atoms with E-state index in [2.05, 4.69) is 26.0 Å². The van der Waals surface area contributed by atoms with E-state index < -0.39 is 0 Å². The fraction of sp³-hybridized carbons (Fsp3) is 0.316. The molecule has 0 fully saturated rings. The molecule has 2 N–H and O–H groups in total. The Labute approximate surface area is 132 Å². The van der Waals surface area contributed by atoms with Crippen LogP contribution in [0.15, 0.2) is 54.6 Å². The molecule has 0 unspecified atom stereocenters. The molecule has 1 amide bonds. The molecule has 0 atom stereocenters. The lowest BCUT2D eigenvalue weighted by Crippen LogP contribution is -2.36. The van der Waals surface area contributed by atoms with Crippen LogP contribution in [0.3, 0.4) is 0 Å². The predicted octanol–water partition coefficient (Wildman–Crippen LogP) is 3.64. The summed E-state index contributed by atoms with van der Waals surface area (Å²) in [6, 6.07) is 18.0. The van der Waals surface area contributed by atoms with E-state index in [1.165, 1.54) is 0 Å². The van der Waals surface area contributed by atoms with E-state index in [4.69, 9.17) is 5.73 Å². The lowest BCUT2D eigenvalue weighted by Gasteiger charge is -2.27. The van der Waals surface area contributed by atoms with Crippen LogP contribution in [0.5, 0.6) is 0 Å². The van der Waals surface area contributed by atoms with Crippen molar-refractivity contribution in [2.45, 2.75) is 39.3 Å². The van der Waals surface area contributed by atoms with Gasteiger partial charge in [-0.05, 0) is 43.5 Å². The monoisotopic (exact) mass is 296 g/mol. The van der Waals surface area contributed by atoms with E-state index >= 15 is 0 Å². The van der Waals surface area contributed by atoms with Gasteiger partial charge in [0, 0.05) is 24.7 Å². The summed E-state index contributed by atoms with van der Waals surface area (Å²) in [5, 5.41) is 0. The molecular weight excluding hydrogens is 272 g/mol. The Morgan fingerprint density at radius 1 is 1.05 bits per heavy atom. The average Bonchev–Trinajstić information content (AvgIpc) is 2.51. The van der Waals surface area contributed by atoms with Gasteiger partial charge in [-0.25, -0.2) is 0 Å². The van der Waals surface area contributed by atoms with Gasteiger partial charge in [0.05, 0.1) is 0 Å². The van der Waals surface area contributed by atoms with Crippen LogP contribution >= 0.6 is 0 Å². The molecule has 0 saturated heterocycles. The van der Waals surface area contributed by atoms with Crippen LogP contribution < -0.4 is 5.73 Å². The van der Waals surface area contributed by atoms with Crippen LogP contribution in [0, 0.1) is 0 Å². The minimum absolute atomic E-state index is 0.182. The average molecular weight is 296 g/mol. The summed E-state index contributed by atoms with van der Waals surface area (Å²) >= 11 is 0. The molecule has 0 aliphatic rings. The second kappa shape index (κ2) is 7.64. The molecule has 22 heavy (non-hydrogen) atoms. The quantitative estimate of drug-likeness (QED) is 0.827. The smallest absolute Gasteiger partial charge is 0.223 e. The molecule has 0 radical (unpaired) electrons. The van der Waals surface area contributed by atoms with Gasteiger partial charge in [0.25, 0.3) is 0 Å². The summed E-state index contributed by atoms with van der Waals surface area (Å²) in [5.74, 6) is 0.182. The predicted molar refractivity (Wildman–Crippen MR) is 91.3 cm³/mol. The maximum Gasteiger partial charge on any atom is 0.223 e. The third-order valence-corrected chi connectivity index (χ3v) is 3.72. The fourth-order valence-electron chi connectivity index (χ4n) is 2.48. The van der Waals surface area contributed by atoms with E-state index in [-0.39, 0.29) is 11.9 Å². The van der Waals surface area contributed by atoms with Crippen LogP contribution in [0.25, 0.3) is 0 Å². The zero-order chi connectivity index (χ0) is 15.9. The Kier molecular flexibility index (Phi) is 5.59. The van der Waals surface area contributed by atoms with Gasteiger partial charge in [-0.15, -0.1) is 0 Å². The van der Waals surface area contributed by atoms with Gasteiger partial charge < -0.3 is 10.6 Å². The third kappa shape index (κ3) is 4.62. The van der Waals surface area contributed by atoms with Crippen LogP contribution in [0.2, 0.25) is 0 Å². The first-order valence-corrected chi connectivity index (χ1v) is 7.74. The SMILES string of the molecule is CC(C)N(Cc1ccccc1)C(=O)CCc1cccc(N)c1. The number of hydrogen-bond donors (Lipinski definition) is 1. The van der Waals surface area contributed by atoms with Crippen molar-refractivity contribution in [3.8, 4) is 0 Å². The topological polar surface area (TPSA) is 46.3 Å². The molecule has 2 aromatic carbocycles. The molecule has 116 valence electrons. The molecule has 0 aliphatic carbocycles. The molecule has 0 heterocycles. The Bertz CT molecular complexity index is 608. The second-order valence-electron chi connectivity index (χ2n) is 5.85. The first-order valence-electron chi connectivity index (χ1n) is 7.74. The van der Waals surface area contributed by atoms with Crippen LogP contribution in [0.1, 0.15) is 31.4 Å². The summed E-state index contributed by atoms with van der Waals surface area (Å²) in [6.45, 7) is 4.77. The minimum atomic E-state index is 0.182. The van der Waals surface area contributed by atoms with Gasteiger partial charge in [-0.1, -0.05) is 42.5 Å². The van der Waals surface area contributed by atoms with E-state index in [1.54, 1.807) is 0 Å². The molecule has 0 aromatic heterocycles. The molecule has 3 nitrogen and oxygen atoms in total. The Morgan fingerprint density at radius 3 is 2.36 bits per heavy atom. The number of carbonyl (C=O) groups is 1. The summed E-state index contributed by atoms with van der Waals surface area (Å²) in [4.78, 5) is 14.5. The van der Waals surface area contributed by atoms with Crippen molar-refractivity contribution in [1.82, 2.24) is 4.90 Å². The maximum absolute atomic E-state index is 12.5. The molecule has 0 saturated carbocycles. The summed E-state index contributed by atoms with van der Waals surface area (Å²) in [7, 11) is 0. The zero-order valence-corrected chi connectivity index (χ0v) is 13.3. The van der Waals surface area contributed by atoms with E-state index in [1.807, 2.05) is 47.4 Å².